The predicted molar refractivity (Wildman–Crippen MR) is 43.6 cm³/mol. The SMILES string of the molecule is FCC(F)(F)N(C(=S)[S-])C(F)(F)CF. The summed E-state index contributed by atoms with van der Waals surface area (Å²) >= 11 is 7.79. The molecular weight excluding hydrogens is 252 g/mol. The number of hydrogen-bond acceptors (Lipinski definition) is 2. The molecule has 0 unspecified atom stereocenters. The third-order valence-corrected chi connectivity index (χ3v) is 1.52. The minimum atomic E-state index is -4.60. The molecule has 84 valence electrons. The lowest BCUT2D eigenvalue weighted by Crippen LogP contribution is -2.56. The van der Waals surface area contributed by atoms with Gasteiger partial charge in [0.05, 0.1) is 0 Å². The maximum atomic E-state index is 12.5. The highest BCUT2D eigenvalue weighted by molar-refractivity contribution is 8.00. The van der Waals surface area contributed by atoms with Crippen molar-refractivity contribution in [2.24, 2.45) is 0 Å². The fourth-order valence-electron chi connectivity index (χ4n) is 0.626. The van der Waals surface area contributed by atoms with Gasteiger partial charge >= 0.3 is 12.1 Å². The molecule has 0 bridgehead atoms. The van der Waals surface area contributed by atoms with Crippen molar-refractivity contribution in [3.05, 3.63) is 0 Å². The van der Waals surface area contributed by atoms with Gasteiger partial charge in [0.15, 0.2) is 13.3 Å². The lowest BCUT2D eigenvalue weighted by atomic mass is 10.4. The molecule has 0 aliphatic heterocycles. The Morgan fingerprint density at radius 3 is 1.50 bits per heavy atom. The van der Waals surface area contributed by atoms with E-state index in [4.69, 9.17) is 0 Å². The Morgan fingerprint density at radius 2 is 1.36 bits per heavy atom. The quantitative estimate of drug-likeness (QED) is 0.329. The highest BCUT2D eigenvalue weighted by atomic mass is 32.1. The van der Waals surface area contributed by atoms with Crippen LogP contribution in [-0.4, -0.2) is 34.7 Å². The summed E-state index contributed by atoms with van der Waals surface area (Å²) in [4.78, 5) is -1.22. The molecule has 0 atom stereocenters. The molecule has 0 N–H and O–H groups in total. The largest absolute Gasteiger partial charge is 0.411 e. The van der Waals surface area contributed by atoms with Crippen LogP contribution < -0.4 is 0 Å². The van der Waals surface area contributed by atoms with E-state index >= 15 is 0 Å². The van der Waals surface area contributed by atoms with Crippen LogP contribution in [0, 0.1) is 0 Å². The Bertz CT molecular complexity index is 204. The van der Waals surface area contributed by atoms with Gasteiger partial charge in [0.1, 0.15) is 0 Å². The van der Waals surface area contributed by atoms with Crippen LogP contribution in [-0.2, 0) is 12.6 Å². The molecule has 0 saturated heterocycles. The first-order valence-electron chi connectivity index (χ1n) is 3.08. The number of hydrogen-bond donors (Lipinski definition) is 0. The van der Waals surface area contributed by atoms with E-state index in [1.807, 2.05) is 0 Å². The molecule has 0 aromatic rings. The molecule has 0 heterocycles. The number of alkyl halides is 6. The van der Waals surface area contributed by atoms with Gasteiger partial charge < -0.3 is 24.8 Å². The van der Waals surface area contributed by atoms with Crippen LogP contribution in [0.1, 0.15) is 0 Å². The molecule has 0 saturated carbocycles. The first-order chi connectivity index (χ1) is 6.19. The number of nitrogens with zero attached hydrogens (tertiary/aromatic N) is 1. The number of halogens is 6. The maximum absolute atomic E-state index is 12.5. The second-order valence-corrected chi connectivity index (χ2v) is 3.23. The number of thiocarbonyl (C=S) groups is 1. The van der Waals surface area contributed by atoms with Gasteiger partial charge in [0, 0.05) is 0 Å². The zero-order valence-corrected chi connectivity index (χ0v) is 8.08. The molecule has 0 aliphatic carbocycles. The minimum absolute atomic E-state index is 1.22. The van der Waals surface area contributed by atoms with Crippen molar-refractivity contribution in [1.82, 2.24) is 4.90 Å². The highest BCUT2D eigenvalue weighted by Crippen LogP contribution is 2.32. The van der Waals surface area contributed by atoms with Gasteiger partial charge in [-0.1, -0.05) is 4.32 Å². The third-order valence-electron chi connectivity index (χ3n) is 1.16. The standard InChI is InChI=1S/C5H5F6NS2/c6-1-4(8,9)12(3(13)14)5(10,11)2-7/h1-2H2,(H,13,14)/p-1. The van der Waals surface area contributed by atoms with Gasteiger partial charge in [0.25, 0.3) is 0 Å². The summed E-state index contributed by atoms with van der Waals surface area (Å²) in [5.74, 6) is 0. The zero-order valence-electron chi connectivity index (χ0n) is 6.45. The summed E-state index contributed by atoms with van der Waals surface area (Å²) in [6.07, 6.45) is 0. The predicted octanol–water partition coefficient (Wildman–Crippen LogP) is 2.24. The smallest absolute Gasteiger partial charge is 0.357 e. The zero-order chi connectivity index (χ0) is 11.6. The molecule has 0 spiro atoms. The first-order valence-corrected chi connectivity index (χ1v) is 3.89. The topological polar surface area (TPSA) is 3.24 Å². The van der Waals surface area contributed by atoms with Crippen LogP contribution in [0.4, 0.5) is 26.3 Å². The fraction of sp³-hybridized carbons (Fsp3) is 0.800. The van der Waals surface area contributed by atoms with E-state index in [0.717, 1.165) is 0 Å². The molecule has 0 aliphatic rings. The van der Waals surface area contributed by atoms with Crippen molar-refractivity contribution in [1.29, 1.82) is 0 Å². The minimum Gasteiger partial charge on any atom is -0.411 e. The average Bonchev–Trinajstić information content (AvgIpc) is 2.02. The Labute approximate surface area is 86.5 Å². The lowest BCUT2D eigenvalue weighted by Gasteiger charge is -2.38. The van der Waals surface area contributed by atoms with E-state index < -0.39 is 34.7 Å². The van der Waals surface area contributed by atoms with E-state index in [2.05, 4.69) is 24.8 Å². The Balaban J connectivity index is 5.06. The van der Waals surface area contributed by atoms with Crippen molar-refractivity contribution in [2.75, 3.05) is 13.3 Å². The Kier molecular flexibility index (Phi) is 4.37. The van der Waals surface area contributed by atoms with Gasteiger partial charge in [-0.25, -0.2) is 8.78 Å². The van der Waals surface area contributed by atoms with Gasteiger partial charge in [-0.3, -0.25) is 4.90 Å². The monoisotopic (exact) mass is 256 g/mol. The summed E-state index contributed by atoms with van der Waals surface area (Å²) in [6.45, 7) is -4.86. The highest BCUT2D eigenvalue weighted by Gasteiger charge is 2.50. The molecule has 0 amide bonds. The molecule has 9 heteroatoms. The van der Waals surface area contributed by atoms with Crippen LogP contribution in [0.5, 0.6) is 0 Å². The maximum Gasteiger partial charge on any atom is 0.357 e. The summed E-state index contributed by atoms with van der Waals surface area (Å²) in [6, 6.07) is -9.21. The fourth-order valence-corrected chi connectivity index (χ4v) is 1.16. The Hall–Kier alpha value is -0.310. The van der Waals surface area contributed by atoms with E-state index in [-0.39, 0.29) is 0 Å². The van der Waals surface area contributed by atoms with Gasteiger partial charge in [0.2, 0.25) is 0 Å². The van der Waals surface area contributed by atoms with Crippen LogP contribution >= 0.6 is 12.2 Å². The molecule has 0 radical (unpaired) electrons. The molecule has 0 fully saturated rings. The number of rotatable bonds is 4. The Morgan fingerprint density at radius 1 is 1.07 bits per heavy atom. The molecule has 14 heavy (non-hydrogen) atoms. The third kappa shape index (κ3) is 2.84. The summed E-state index contributed by atoms with van der Waals surface area (Å²) in [5, 5.41) is 0. The summed E-state index contributed by atoms with van der Waals surface area (Å²) in [7, 11) is 0. The van der Waals surface area contributed by atoms with Gasteiger partial charge in [-0.05, 0) is 0 Å². The average molecular weight is 256 g/mol. The van der Waals surface area contributed by atoms with Crippen LogP contribution in [0.25, 0.3) is 0 Å². The molecule has 1 nitrogen and oxygen atoms in total. The summed E-state index contributed by atoms with van der Waals surface area (Å²) < 4.78 is 72.0. The molecule has 0 rings (SSSR count). The van der Waals surface area contributed by atoms with Crippen molar-refractivity contribution >= 4 is 29.2 Å². The van der Waals surface area contributed by atoms with Crippen LogP contribution in [0.3, 0.4) is 0 Å². The first kappa shape index (κ1) is 13.7. The van der Waals surface area contributed by atoms with Crippen molar-refractivity contribution < 1.29 is 26.3 Å². The van der Waals surface area contributed by atoms with Crippen molar-refractivity contribution in [2.45, 2.75) is 12.1 Å². The molecule has 0 aromatic carbocycles. The van der Waals surface area contributed by atoms with Gasteiger partial charge in [-0.15, -0.1) is 0 Å². The van der Waals surface area contributed by atoms with E-state index in [1.165, 1.54) is 0 Å². The van der Waals surface area contributed by atoms with E-state index in [1.54, 1.807) is 0 Å². The van der Waals surface area contributed by atoms with Crippen LogP contribution in [0.2, 0.25) is 0 Å². The van der Waals surface area contributed by atoms with Crippen molar-refractivity contribution in [3.8, 4) is 0 Å². The van der Waals surface area contributed by atoms with Crippen LogP contribution in [0.15, 0.2) is 0 Å². The second kappa shape index (κ2) is 4.47. The lowest BCUT2D eigenvalue weighted by molar-refractivity contribution is -0.245. The summed E-state index contributed by atoms with van der Waals surface area (Å²) in [5.41, 5.74) is 0. The van der Waals surface area contributed by atoms with E-state index in [0.29, 0.717) is 0 Å². The van der Waals surface area contributed by atoms with Gasteiger partial charge in [-0.2, -0.15) is 17.6 Å². The van der Waals surface area contributed by atoms with E-state index in [9.17, 15) is 26.3 Å². The normalized spacial score (nSPS) is 12.7. The van der Waals surface area contributed by atoms with Crippen molar-refractivity contribution in [3.63, 3.8) is 0 Å². The molecular formula is C5H4F6NS2-. The second-order valence-electron chi connectivity index (χ2n) is 2.20. The molecule has 0 aromatic heterocycles.